The normalized spacial score (nSPS) is 19.9. The van der Waals surface area contributed by atoms with Gasteiger partial charge in [0, 0.05) is 31.7 Å². The Balaban J connectivity index is 1.68. The molecule has 190 valence electrons. The fraction of sp³-hybridized carbons (Fsp3) is 0.357. The van der Waals surface area contributed by atoms with Gasteiger partial charge in [0.25, 0.3) is 11.7 Å². The Morgan fingerprint density at radius 3 is 2.56 bits per heavy atom. The summed E-state index contributed by atoms with van der Waals surface area (Å²) < 4.78 is 16.3. The van der Waals surface area contributed by atoms with Crippen molar-refractivity contribution in [1.82, 2.24) is 9.80 Å². The van der Waals surface area contributed by atoms with Crippen molar-refractivity contribution in [3.05, 3.63) is 77.9 Å². The predicted molar refractivity (Wildman–Crippen MR) is 136 cm³/mol. The Kier molecular flexibility index (Phi) is 8.40. The highest BCUT2D eigenvalue weighted by molar-refractivity contribution is 6.46. The van der Waals surface area contributed by atoms with E-state index in [9.17, 15) is 14.7 Å². The third kappa shape index (κ3) is 5.61. The Morgan fingerprint density at radius 1 is 1.11 bits per heavy atom. The molecule has 8 heteroatoms. The molecular weight excluding hydrogens is 460 g/mol. The topological polar surface area (TPSA) is 88.5 Å². The molecule has 1 N–H and O–H groups in total. The van der Waals surface area contributed by atoms with Gasteiger partial charge >= 0.3 is 0 Å². The van der Waals surface area contributed by atoms with E-state index in [-0.39, 0.29) is 11.3 Å². The Hall–Kier alpha value is -3.62. The molecule has 2 saturated heterocycles. The molecule has 2 aliphatic rings. The lowest BCUT2D eigenvalue weighted by Gasteiger charge is -2.29. The second kappa shape index (κ2) is 11.9. The summed E-state index contributed by atoms with van der Waals surface area (Å²) in [5, 5.41) is 11.2. The lowest BCUT2D eigenvalue weighted by atomic mass is 9.95. The van der Waals surface area contributed by atoms with Crippen LogP contribution >= 0.6 is 0 Å². The van der Waals surface area contributed by atoms with E-state index in [0.29, 0.717) is 55.4 Å². The summed E-state index contributed by atoms with van der Waals surface area (Å²) in [6, 6.07) is 13.3. The molecule has 0 aromatic heterocycles. The number of aliphatic hydroxyl groups excluding tert-OH is 1. The Morgan fingerprint density at radius 2 is 1.86 bits per heavy atom. The first-order chi connectivity index (χ1) is 17.5. The molecule has 2 aromatic rings. The van der Waals surface area contributed by atoms with E-state index >= 15 is 0 Å². The zero-order valence-corrected chi connectivity index (χ0v) is 20.5. The van der Waals surface area contributed by atoms with Gasteiger partial charge in [-0.25, -0.2) is 0 Å². The number of carbonyl (C=O) groups excluding carboxylic acids is 2. The summed E-state index contributed by atoms with van der Waals surface area (Å²) in [7, 11) is 1.55. The van der Waals surface area contributed by atoms with Crippen molar-refractivity contribution in [3.63, 3.8) is 0 Å². The van der Waals surface area contributed by atoms with Crippen LogP contribution in [0.2, 0.25) is 0 Å². The number of likely N-dealkylation sites (tertiary alicyclic amines) is 1. The average molecular weight is 493 g/mol. The van der Waals surface area contributed by atoms with Crippen LogP contribution < -0.4 is 9.47 Å². The highest BCUT2D eigenvalue weighted by atomic mass is 16.5. The fourth-order valence-electron chi connectivity index (χ4n) is 4.58. The Bertz CT molecular complexity index is 1120. The molecule has 4 rings (SSSR count). The monoisotopic (exact) mass is 492 g/mol. The number of morpholine rings is 1. The van der Waals surface area contributed by atoms with Crippen molar-refractivity contribution >= 4 is 17.4 Å². The number of amides is 1. The molecule has 0 bridgehead atoms. The summed E-state index contributed by atoms with van der Waals surface area (Å²) >= 11 is 0. The van der Waals surface area contributed by atoms with E-state index in [1.165, 1.54) is 0 Å². The molecule has 1 atom stereocenters. The number of rotatable bonds is 10. The van der Waals surface area contributed by atoms with Gasteiger partial charge in [-0.1, -0.05) is 24.8 Å². The fourth-order valence-corrected chi connectivity index (χ4v) is 4.58. The first-order valence-electron chi connectivity index (χ1n) is 12.1. The number of benzene rings is 2. The minimum atomic E-state index is -0.732. The first-order valence-corrected chi connectivity index (χ1v) is 12.1. The van der Waals surface area contributed by atoms with E-state index in [0.717, 1.165) is 19.6 Å². The highest BCUT2D eigenvalue weighted by Gasteiger charge is 2.46. The second-order valence-corrected chi connectivity index (χ2v) is 8.70. The van der Waals surface area contributed by atoms with Gasteiger partial charge in [-0.05, 0) is 48.4 Å². The smallest absolute Gasteiger partial charge is 0.295 e. The van der Waals surface area contributed by atoms with Crippen LogP contribution in [-0.2, 0) is 14.3 Å². The molecule has 36 heavy (non-hydrogen) atoms. The molecule has 0 unspecified atom stereocenters. The largest absolute Gasteiger partial charge is 0.507 e. The zero-order chi connectivity index (χ0) is 25.5. The lowest BCUT2D eigenvalue weighted by molar-refractivity contribution is -0.140. The van der Waals surface area contributed by atoms with Crippen LogP contribution in [0.1, 0.15) is 23.6 Å². The van der Waals surface area contributed by atoms with E-state index in [2.05, 4.69) is 11.5 Å². The molecule has 2 fully saturated rings. The molecular formula is C28H32N2O6. The maximum Gasteiger partial charge on any atom is 0.295 e. The molecule has 0 radical (unpaired) electrons. The van der Waals surface area contributed by atoms with Crippen molar-refractivity contribution < 1.29 is 28.9 Å². The number of methoxy groups -OCH3 is 1. The molecule has 2 aromatic carbocycles. The van der Waals surface area contributed by atoms with E-state index < -0.39 is 17.7 Å². The SMILES string of the molecule is C=CCOc1cccc([C@@H]2C(=C(O)c3ccc(OC)cc3)C(=O)C(=O)N2CCCN2CCOCC2)c1. The van der Waals surface area contributed by atoms with Crippen molar-refractivity contribution in [2.24, 2.45) is 0 Å². The highest BCUT2D eigenvalue weighted by Crippen LogP contribution is 2.40. The van der Waals surface area contributed by atoms with E-state index in [4.69, 9.17) is 14.2 Å². The third-order valence-corrected chi connectivity index (χ3v) is 6.42. The predicted octanol–water partition coefficient (Wildman–Crippen LogP) is 3.40. The van der Waals surface area contributed by atoms with Crippen LogP contribution in [0, 0.1) is 0 Å². The number of nitrogens with zero attached hydrogens (tertiary/aromatic N) is 2. The summed E-state index contributed by atoms with van der Waals surface area (Å²) in [5.41, 5.74) is 1.20. The van der Waals surface area contributed by atoms with Gasteiger partial charge < -0.3 is 24.2 Å². The van der Waals surface area contributed by atoms with Crippen LogP contribution in [0.4, 0.5) is 0 Å². The molecule has 0 spiro atoms. The molecule has 0 aliphatic carbocycles. The number of Topliss-reactive ketones (excluding diaryl/α,β-unsaturated/α-hetero) is 1. The van der Waals surface area contributed by atoms with Crippen LogP contribution in [0.15, 0.2) is 66.8 Å². The number of carbonyl (C=O) groups is 2. The van der Waals surface area contributed by atoms with Gasteiger partial charge in [0.2, 0.25) is 0 Å². The minimum absolute atomic E-state index is 0.0670. The summed E-state index contributed by atoms with van der Waals surface area (Å²) in [4.78, 5) is 30.3. The van der Waals surface area contributed by atoms with Gasteiger partial charge in [0.1, 0.15) is 23.9 Å². The standard InChI is InChI=1S/C28H32N2O6/c1-3-16-36-23-7-4-6-21(19-23)25-24(26(31)20-8-10-22(34-2)11-9-20)27(32)28(33)30(25)13-5-12-29-14-17-35-18-15-29/h3-4,6-11,19,25,31H,1,5,12-18H2,2H3/t25-/m1/s1. The second-order valence-electron chi connectivity index (χ2n) is 8.70. The van der Waals surface area contributed by atoms with Gasteiger partial charge in [-0.15, -0.1) is 0 Å². The van der Waals surface area contributed by atoms with Crippen molar-refractivity contribution in [1.29, 1.82) is 0 Å². The molecule has 0 saturated carbocycles. The summed E-state index contributed by atoms with van der Waals surface area (Å²) in [5.74, 6) is -0.310. The quantitative estimate of drug-likeness (QED) is 0.235. The molecule has 1 amide bonds. The maximum absolute atomic E-state index is 13.3. The number of ketones is 1. The summed E-state index contributed by atoms with van der Waals surface area (Å²) in [6.07, 6.45) is 2.34. The van der Waals surface area contributed by atoms with Gasteiger partial charge in [-0.3, -0.25) is 14.5 Å². The number of aliphatic hydroxyl groups is 1. The lowest BCUT2D eigenvalue weighted by Crippen LogP contribution is -2.38. The third-order valence-electron chi connectivity index (χ3n) is 6.42. The van der Waals surface area contributed by atoms with Crippen LogP contribution in [0.25, 0.3) is 5.76 Å². The van der Waals surface area contributed by atoms with Crippen LogP contribution in [0.3, 0.4) is 0 Å². The van der Waals surface area contributed by atoms with Crippen molar-refractivity contribution in [3.8, 4) is 11.5 Å². The van der Waals surface area contributed by atoms with Crippen LogP contribution in [-0.4, -0.2) is 79.7 Å². The zero-order valence-electron chi connectivity index (χ0n) is 20.5. The van der Waals surface area contributed by atoms with E-state index in [1.54, 1.807) is 54.5 Å². The number of ether oxygens (including phenoxy) is 3. The van der Waals surface area contributed by atoms with Crippen molar-refractivity contribution in [2.45, 2.75) is 12.5 Å². The molecule has 8 nitrogen and oxygen atoms in total. The Labute approximate surface area is 211 Å². The molecule has 2 aliphatic heterocycles. The minimum Gasteiger partial charge on any atom is -0.507 e. The first kappa shape index (κ1) is 25.5. The molecule has 2 heterocycles. The van der Waals surface area contributed by atoms with Crippen molar-refractivity contribution in [2.75, 3.05) is 53.1 Å². The van der Waals surface area contributed by atoms with Crippen LogP contribution in [0.5, 0.6) is 11.5 Å². The van der Waals surface area contributed by atoms with Gasteiger partial charge in [-0.2, -0.15) is 0 Å². The average Bonchev–Trinajstić information content (AvgIpc) is 3.17. The van der Waals surface area contributed by atoms with Gasteiger partial charge in [0.05, 0.1) is 31.9 Å². The van der Waals surface area contributed by atoms with E-state index in [1.807, 2.05) is 12.1 Å². The number of hydrogen-bond donors (Lipinski definition) is 1. The number of hydrogen-bond acceptors (Lipinski definition) is 7. The summed E-state index contributed by atoms with van der Waals surface area (Å²) in [6.45, 7) is 8.27. The maximum atomic E-state index is 13.3. The van der Waals surface area contributed by atoms with Gasteiger partial charge in [0.15, 0.2) is 0 Å².